The van der Waals surface area contributed by atoms with Gasteiger partial charge in [0.25, 0.3) is 0 Å². The van der Waals surface area contributed by atoms with Crippen molar-refractivity contribution in [2.24, 2.45) is 0 Å². The quantitative estimate of drug-likeness (QED) is 0.528. The zero-order chi connectivity index (χ0) is 14.9. The van der Waals surface area contributed by atoms with E-state index < -0.39 is 0 Å². The van der Waals surface area contributed by atoms with Crippen LogP contribution in [-0.4, -0.2) is 18.7 Å². The summed E-state index contributed by atoms with van der Waals surface area (Å²) in [6.45, 7) is 2.91. The molecule has 0 saturated carbocycles. The number of pyridine rings is 1. The van der Waals surface area contributed by atoms with Crippen LogP contribution in [-0.2, 0) is 5.75 Å². The monoisotopic (exact) mass is 303 g/mol. The SMILES string of the molecule is CCCCOc1ccc(SCc2ccc(OC)cc2)nc1. The predicted molar refractivity (Wildman–Crippen MR) is 87.2 cm³/mol. The number of aromatic nitrogens is 1. The molecule has 3 nitrogen and oxygen atoms in total. The van der Waals surface area contributed by atoms with Gasteiger partial charge in [0.1, 0.15) is 11.5 Å². The van der Waals surface area contributed by atoms with E-state index in [4.69, 9.17) is 9.47 Å². The first kappa shape index (κ1) is 15.7. The van der Waals surface area contributed by atoms with Gasteiger partial charge in [-0.2, -0.15) is 0 Å². The minimum atomic E-state index is 0.760. The van der Waals surface area contributed by atoms with Gasteiger partial charge in [-0.1, -0.05) is 25.5 Å². The molecule has 2 rings (SSSR count). The second-order valence-electron chi connectivity index (χ2n) is 4.67. The number of hydrogen-bond acceptors (Lipinski definition) is 4. The van der Waals surface area contributed by atoms with E-state index in [1.165, 1.54) is 5.56 Å². The number of hydrogen-bond donors (Lipinski definition) is 0. The molecule has 0 N–H and O–H groups in total. The first-order valence-corrected chi connectivity index (χ1v) is 8.15. The van der Waals surface area contributed by atoms with Crippen LogP contribution in [0, 0.1) is 0 Å². The van der Waals surface area contributed by atoms with Crippen LogP contribution in [0.1, 0.15) is 25.3 Å². The number of ether oxygens (including phenoxy) is 2. The molecule has 1 heterocycles. The maximum Gasteiger partial charge on any atom is 0.137 e. The molecular formula is C17H21NO2S. The predicted octanol–water partition coefficient (Wildman–Crippen LogP) is 4.56. The second kappa shape index (κ2) is 8.57. The normalized spacial score (nSPS) is 10.4. The van der Waals surface area contributed by atoms with Gasteiger partial charge >= 0.3 is 0 Å². The summed E-state index contributed by atoms with van der Waals surface area (Å²) in [5.74, 6) is 2.63. The zero-order valence-corrected chi connectivity index (χ0v) is 13.4. The van der Waals surface area contributed by atoms with Crippen LogP contribution in [0.5, 0.6) is 11.5 Å². The molecule has 1 aromatic carbocycles. The maximum atomic E-state index is 5.60. The molecule has 0 spiro atoms. The highest BCUT2D eigenvalue weighted by Crippen LogP contribution is 2.23. The number of methoxy groups -OCH3 is 1. The average molecular weight is 303 g/mol. The minimum Gasteiger partial charge on any atom is -0.497 e. The molecule has 0 atom stereocenters. The molecule has 0 radical (unpaired) electrons. The van der Waals surface area contributed by atoms with Crippen molar-refractivity contribution >= 4 is 11.8 Å². The standard InChI is InChI=1S/C17H21NO2S/c1-3-4-11-20-16-9-10-17(18-12-16)21-13-14-5-7-15(19-2)8-6-14/h5-10,12H,3-4,11,13H2,1-2H3. The molecule has 4 heteroatoms. The van der Waals surface area contributed by atoms with Crippen molar-refractivity contribution in [2.45, 2.75) is 30.5 Å². The molecule has 0 saturated heterocycles. The summed E-state index contributed by atoms with van der Waals surface area (Å²) in [6.07, 6.45) is 4.02. The Balaban J connectivity index is 1.82. The van der Waals surface area contributed by atoms with Crippen LogP contribution in [0.3, 0.4) is 0 Å². The molecule has 0 aliphatic rings. The Bertz CT molecular complexity index is 525. The largest absolute Gasteiger partial charge is 0.497 e. The third-order valence-electron chi connectivity index (χ3n) is 3.02. The van der Waals surface area contributed by atoms with Gasteiger partial charge in [-0.3, -0.25) is 0 Å². The summed E-state index contributed by atoms with van der Waals surface area (Å²) in [6, 6.07) is 12.1. The van der Waals surface area contributed by atoms with E-state index in [1.807, 2.05) is 24.3 Å². The number of benzene rings is 1. The summed E-state index contributed by atoms with van der Waals surface area (Å²) < 4.78 is 10.8. The Morgan fingerprint density at radius 1 is 1.05 bits per heavy atom. The Kier molecular flexibility index (Phi) is 6.41. The lowest BCUT2D eigenvalue weighted by Gasteiger charge is -2.06. The van der Waals surface area contributed by atoms with Gasteiger partial charge in [-0.25, -0.2) is 4.98 Å². The van der Waals surface area contributed by atoms with Gasteiger partial charge in [-0.15, -0.1) is 11.8 Å². The molecular weight excluding hydrogens is 282 g/mol. The van der Waals surface area contributed by atoms with E-state index in [9.17, 15) is 0 Å². The van der Waals surface area contributed by atoms with Crippen LogP contribution in [0.15, 0.2) is 47.6 Å². The lowest BCUT2D eigenvalue weighted by Crippen LogP contribution is -1.96. The van der Waals surface area contributed by atoms with Gasteiger partial charge in [0, 0.05) is 5.75 Å². The van der Waals surface area contributed by atoms with Crippen LogP contribution in [0.4, 0.5) is 0 Å². The van der Waals surface area contributed by atoms with E-state index in [2.05, 4.69) is 24.0 Å². The second-order valence-corrected chi connectivity index (χ2v) is 5.67. The molecule has 0 fully saturated rings. The van der Waals surface area contributed by atoms with Crippen LogP contribution < -0.4 is 9.47 Å². The van der Waals surface area contributed by atoms with Gasteiger partial charge in [-0.05, 0) is 36.2 Å². The van der Waals surface area contributed by atoms with Crippen molar-refractivity contribution < 1.29 is 9.47 Å². The highest BCUT2D eigenvalue weighted by molar-refractivity contribution is 7.98. The minimum absolute atomic E-state index is 0.760. The van der Waals surface area contributed by atoms with E-state index in [1.54, 1.807) is 25.1 Å². The summed E-state index contributed by atoms with van der Waals surface area (Å²) in [4.78, 5) is 4.42. The van der Waals surface area contributed by atoms with Crippen molar-refractivity contribution in [3.8, 4) is 11.5 Å². The van der Waals surface area contributed by atoms with Crippen molar-refractivity contribution in [3.63, 3.8) is 0 Å². The lowest BCUT2D eigenvalue weighted by molar-refractivity contribution is 0.308. The molecule has 0 unspecified atom stereocenters. The van der Waals surface area contributed by atoms with E-state index in [-0.39, 0.29) is 0 Å². The Labute approximate surface area is 130 Å². The van der Waals surface area contributed by atoms with Crippen molar-refractivity contribution in [3.05, 3.63) is 48.2 Å². The third kappa shape index (κ3) is 5.31. The first-order valence-electron chi connectivity index (χ1n) is 7.16. The van der Waals surface area contributed by atoms with Crippen LogP contribution >= 0.6 is 11.8 Å². The zero-order valence-electron chi connectivity index (χ0n) is 12.5. The molecule has 0 amide bonds. The number of nitrogens with zero attached hydrogens (tertiary/aromatic N) is 1. The summed E-state index contributed by atoms with van der Waals surface area (Å²) >= 11 is 1.72. The van der Waals surface area contributed by atoms with Crippen molar-refractivity contribution in [2.75, 3.05) is 13.7 Å². The van der Waals surface area contributed by atoms with Crippen LogP contribution in [0.2, 0.25) is 0 Å². The van der Waals surface area contributed by atoms with Gasteiger partial charge in [0.05, 0.1) is 24.9 Å². The Morgan fingerprint density at radius 2 is 1.81 bits per heavy atom. The lowest BCUT2D eigenvalue weighted by atomic mass is 10.2. The van der Waals surface area contributed by atoms with Crippen molar-refractivity contribution in [1.29, 1.82) is 0 Å². The third-order valence-corrected chi connectivity index (χ3v) is 4.04. The molecule has 112 valence electrons. The molecule has 21 heavy (non-hydrogen) atoms. The molecule has 2 aromatic rings. The van der Waals surface area contributed by atoms with E-state index >= 15 is 0 Å². The molecule has 0 aliphatic carbocycles. The fourth-order valence-corrected chi connectivity index (χ4v) is 2.55. The smallest absolute Gasteiger partial charge is 0.137 e. The maximum absolute atomic E-state index is 5.60. The molecule has 0 bridgehead atoms. The number of rotatable bonds is 8. The van der Waals surface area contributed by atoms with Crippen molar-refractivity contribution in [1.82, 2.24) is 4.98 Å². The summed E-state index contributed by atoms with van der Waals surface area (Å²) in [7, 11) is 1.68. The summed E-state index contributed by atoms with van der Waals surface area (Å²) in [5.41, 5.74) is 1.26. The topological polar surface area (TPSA) is 31.4 Å². The highest BCUT2D eigenvalue weighted by Gasteiger charge is 2.00. The van der Waals surface area contributed by atoms with Gasteiger partial charge in [0.2, 0.25) is 0 Å². The number of unbranched alkanes of at least 4 members (excludes halogenated alkanes) is 1. The molecule has 1 aromatic heterocycles. The Morgan fingerprint density at radius 3 is 2.43 bits per heavy atom. The van der Waals surface area contributed by atoms with E-state index in [0.717, 1.165) is 41.7 Å². The van der Waals surface area contributed by atoms with Gasteiger partial charge in [0.15, 0.2) is 0 Å². The average Bonchev–Trinajstić information content (AvgIpc) is 2.55. The van der Waals surface area contributed by atoms with Gasteiger partial charge < -0.3 is 9.47 Å². The fourth-order valence-electron chi connectivity index (χ4n) is 1.75. The van der Waals surface area contributed by atoms with E-state index in [0.29, 0.717) is 0 Å². The Hall–Kier alpha value is -1.68. The fraction of sp³-hybridized carbons (Fsp3) is 0.353. The number of thioether (sulfide) groups is 1. The van der Waals surface area contributed by atoms with Crippen LogP contribution in [0.25, 0.3) is 0 Å². The summed E-state index contributed by atoms with van der Waals surface area (Å²) in [5, 5.41) is 1.01. The first-order chi connectivity index (χ1) is 10.3. The highest BCUT2D eigenvalue weighted by atomic mass is 32.2. The molecule has 0 aliphatic heterocycles.